The lowest BCUT2D eigenvalue weighted by atomic mass is 9.74. The van der Waals surface area contributed by atoms with Crippen LogP contribution < -0.4 is 5.32 Å². The van der Waals surface area contributed by atoms with E-state index >= 15 is 0 Å². The number of nitrogens with two attached hydrogens (primary N) is 1. The molecule has 1 saturated heterocycles. The Morgan fingerprint density at radius 1 is 1.33 bits per heavy atom. The van der Waals surface area contributed by atoms with E-state index in [0.717, 1.165) is 19.4 Å². The molecule has 5 heteroatoms. The van der Waals surface area contributed by atoms with Crippen LogP contribution in [0.15, 0.2) is 0 Å². The molecule has 0 amide bonds. The largest absolute Gasteiger partial charge is 0.477 e. The summed E-state index contributed by atoms with van der Waals surface area (Å²) in [5, 5.41) is 10.9. The minimum atomic E-state index is -0.739. The van der Waals surface area contributed by atoms with Gasteiger partial charge >= 0.3 is 5.97 Å². The van der Waals surface area contributed by atoms with Gasteiger partial charge in [0.15, 0.2) is 6.04 Å². The predicted molar refractivity (Wildman–Crippen MR) is 56.0 cm³/mol. The Labute approximate surface area is 98.1 Å². The Hall–Kier alpha value is 0.01000. The van der Waals surface area contributed by atoms with E-state index in [1.807, 2.05) is 5.32 Å². The van der Waals surface area contributed by atoms with Gasteiger partial charge in [-0.25, -0.2) is 4.79 Å². The molecule has 15 heavy (non-hydrogen) atoms. The summed E-state index contributed by atoms with van der Waals surface area (Å²) in [5.41, 5.74) is -0.0752. The standard InChI is InChI=1S/C10H13Cl2NO2/c11-10(12)8(2-1-3-8)9(10)4-6(7(14)15)13-5-9/h6,13H,1-5H2,(H,14,15)/p+1/t6-,9-/m0/s1. The van der Waals surface area contributed by atoms with Crippen molar-refractivity contribution in [2.24, 2.45) is 10.8 Å². The Morgan fingerprint density at radius 3 is 2.33 bits per heavy atom. The third kappa shape index (κ3) is 0.877. The molecule has 2 saturated carbocycles. The molecule has 3 N–H and O–H groups in total. The number of aliphatic carboxylic acids is 1. The van der Waals surface area contributed by atoms with E-state index in [4.69, 9.17) is 28.3 Å². The van der Waals surface area contributed by atoms with E-state index in [0.29, 0.717) is 6.42 Å². The van der Waals surface area contributed by atoms with Gasteiger partial charge in [-0.15, -0.1) is 23.2 Å². The second-order valence-electron chi connectivity index (χ2n) is 5.18. The molecular formula is C10H14Cl2NO2+. The summed E-state index contributed by atoms with van der Waals surface area (Å²) in [6, 6.07) is -0.346. The predicted octanol–water partition coefficient (Wildman–Crippen LogP) is 0.751. The lowest BCUT2D eigenvalue weighted by molar-refractivity contribution is -0.662. The average molecular weight is 251 g/mol. The van der Waals surface area contributed by atoms with Gasteiger partial charge < -0.3 is 10.4 Å². The van der Waals surface area contributed by atoms with Gasteiger partial charge in [-0.3, -0.25) is 0 Å². The zero-order valence-corrected chi connectivity index (χ0v) is 9.81. The number of halogens is 2. The first kappa shape index (κ1) is 10.2. The molecule has 3 aliphatic rings. The summed E-state index contributed by atoms with van der Waals surface area (Å²) in [6.07, 6.45) is 3.95. The zero-order valence-electron chi connectivity index (χ0n) is 8.30. The molecular weight excluding hydrogens is 237 g/mol. The number of carboxylic acids is 1. The van der Waals surface area contributed by atoms with Crippen molar-refractivity contribution in [3.05, 3.63) is 0 Å². The lowest BCUT2D eigenvalue weighted by Gasteiger charge is -2.29. The number of fused-ring (bicyclic) bond motifs is 1. The highest BCUT2D eigenvalue weighted by atomic mass is 35.5. The van der Waals surface area contributed by atoms with Crippen LogP contribution in [0.2, 0.25) is 0 Å². The first-order chi connectivity index (χ1) is 6.97. The molecule has 0 bridgehead atoms. The van der Waals surface area contributed by atoms with Gasteiger partial charge in [-0.1, -0.05) is 6.42 Å². The molecule has 0 aromatic carbocycles. The number of quaternary nitrogens is 1. The Bertz CT molecular complexity index is 340. The lowest BCUT2D eigenvalue weighted by Crippen LogP contribution is -2.89. The molecule has 0 aromatic rings. The van der Waals surface area contributed by atoms with Crippen LogP contribution in [0.4, 0.5) is 0 Å². The van der Waals surface area contributed by atoms with Gasteiger partial charge in [0, 0.05) is 11.8 Å². The van der Waals surface area contributed by atoms with E-state index in [1.165, 1.54) is 6.42 Å². The summed E-state index contributed by atoms with van der Waals surface area (Å²) in [4.78, 5) is 10.9. The molecule has 0 unspecified atom stereocenters. The molecule has 0 radical (unpaired) electrons. The summed E-state index contributed by atoms with van der Waals surface area (Å²) >= 11 is 12.8. The van der Waals surface area contributed by atoms with Crippen molar-refractivity contribution in [2.75, 3.05) is 6.54 Å². The summed E-state index contributed by atoms with van der Waals surface area (Å²) in [6.45, 7) is 0.775. The van der Waals surface area contributed by atoms with Gasteiger partial charge in [-0.2, -0.15) is 0 Å². The molecule has 3 fully saturated rings. The number of carboxylic acid groups (broad SMARTS) is 1. The van der Waals surface area contributed by atoms with Crippen molar-refractivity contribution >= 4 is 29.2 Å². The number of alkyl halides is 2. The quantitative estimate of drug-likeness (QED) is 0.676. The highest BCUT2D eigenvalue weighted by Gasteiger charge is 2.90. The van der Waals surface area contributed by atoms with E-state index in [-0.39, 0.29) is 16.9 Å². The molecule has 0 aromatic heterocycles. The zero-order chi connectivity index (χ0) is 10.9. The number of hydrogen-bond acceptors (Lipinski definition) is 1. The second kappa shape index (κ2) is 2.63. The van der Waals surface area contributed by atoms with Crippen molar-refractivity contribution < 1.29 is 15.2 Å². The van der Waals surface area contributed by atoms with Crippen LogP contribution in [0.1, 0.15) is 25.7 Å². The van der Waals surface area contributed by atoms with Crippen LogP contribution in [-0.4, -0.2) is 28.0 Å². The molecule has 1 heterocycles. The van der Waals surface area contributed by atoms with Crippen LogP contribution in [0.3, 0.4) is 0 Å². The van der Waals surface area contributed by atoms with Crippen LogP contribution in [0.25, 0.3) is 0 Å². The SMILES string of the molecule is O=C(O)[C@@H]1C[C@@]2(C[NH2+]1)C(Cl)(Cl)C21CCC1. The first-order valence-electron chi connectivity index (χ1n) is 5.41. The number of carbonyl (C=O) groups is 1. The smallest absolute Gasteiger partial charge is 0.362 e. The van der Waals surface area contributed by atoms with Crippen LogP contribution in [0, 0.1) is 10.8 Å². The van der Waals surface area contributed by atoms with Crippen molar-refractivity contribution in [2.45, 2.75) is 36.1 Å². The average Bonchev–Trinajstić information content (AvgIpc) is 2.43. The molecule has 3 rings (SSSR count). The molecule has 1 aliphatic heterocycles. The Morgan fingerprint density at radius 2 is 2.00 bits per heavy atom. The van der Waals surface area contributed by atoms with Crippen LogP contribution >= 0.6 is 23.2 Å². The van der Waals surface area contributed by atoms with Gasteiger partial charge in [0.25, 0.3) is 0 Å². The third-order valence-electron chi connectivity index (χ3n) is 4.90. The number of rotatable bonds is 1. The normalized spacial score (nSPS) is 44.3. The Balaban J connectivity index is 1.87. The summed E-state index contributed by atoms with van der Waals surface area (Å²) in [5.74, 6) is -0.739. The maximum absolute atomic E-state index is 10.9. The molecule has 2 spiro atoms. The highest BCUT2D eigenvalue weighted by Crippen LogP contribution is 2.86. The van der Waals surface area contributed by atoms with E-state index in [9.17, 15) is 4.79 Å². The van der Waals surface area contributed by atoms with Gasteiger partial charge in [0.1, 0.15) is 4.33 Å². The molecule has 84 valence electrons. The van der Waals surface area contributed by atoms with E-state index < -0.39 is 10.3 Å². The molecule has 2 atom stereocenters. The van der Waals surface area contributed by atoms with Crippen LogP contribution in [-0.2, 0) is 4.79 Å². The van der Waals surface area contributed by atoms with Crippen molar-refractivity contribution in [1.29, 1.82) is 0 Å². The summed E-state index contributed by atoms with van der Waals surface area (Å²) in [7, 11) is 0. The third-order valence-corrected chi connectivity index (χ3v) is 6.35. The minimum absolute atomic E-state index is 0.0454. The monoisotopic (exact) mass is 250 g/mol. The second-order valence-corrected chi connectivity index (χ2v) is 6.51. The fourth-order valence-corrected chi connectivity index (χ4v) is 5.10. The van der Waals surface area contributed by atoms with Crippen molar-refractivity contribution in [3.63, 3.8) is 0 Å². The first-order valence-corrected chi connectivity index (χ1v) is 6.16. The van der Waals surface area contributed by atoms with Crippen molar-refractivity contribution in [1.82, 2.24) is 0 Å². The van der Waals surface area contributed by atoms with Crippen LogP contribution in [0.5, 0.6) is 0 Å². The van der Waals surface area contributed by atoms with Crippen molar-refractivity contribution in [3.8, 4) is 0 Å². The van der Waals surface area contributed by atoms with E-state index in [1.54, 1.807) is 0 Å². The minimum Gasteiger partial charge on any atom is -0.477 e. The van der Waals surface area contributed by atoms with Gasteiger partial charge in [-0.05, 0) is 12.8 Å². The highest BCUT2D eigenvalue weighted by molar-refractivity contribution is 6.52. The number of hydrogen-bond donors (Lipinski definition) is 2. The maximum Gasteiger partial charge on any atom is 0.362 e. The fourth-order valence-electron chi connectivity index (χ4n) is 3.78. The molecule has 2 aliphatic carbocycles. The molecule has 3 nitrogen and oxygen atoms in total. The Kier molecular flexibility index (Phi) is 1.79. The van der Waals surface area contributed by atoms with Gasteiger partial charge in [0.2, 0.25) is 0 Å². The van der Waals surface area contributed by atoms with E-state index in [2.05, 4.69) is 0 Å². The fraction of sp³-hybridized carbons (Fsp3) is 0.900. The maximum atomic E-state index is 10.9. The van der Waals surface area contributed by atoms with Gasteiger partial charge in [0.05, 0.1) is 12.0 Å². The summed E-state index contributed by atoms with van der Waals surface area (Å²) < 4.78 is -0.668. The topological polar surface area (TPSA) is 53.9 Å².